The molecule has 2 rings (SSSR count). The minimum absolute atomic E-state index is 0.659. The second-order valence-corrected chi connectivity index (χ2v) is 5.33. The fraction of sp³-hybridized carbons (Fsp3) is 0.235. The number of ether oxygens (including phenoxy) is 2. The Bertz CT molecular complexity index is 612. The van der Waals surface area contributed by atoms with Crippen LogP contribution < -0.4 is 9.47 Å². The SMILES string of the molecule is CCCOc1c(Br)cc(C=Nc2ccccc2)cc1OC. The molecule has 0 aliphatic heterocycles. The second-order valence-electron chi connectivity index (χ2n) is 4.48. The van der Waals surface area contributed by atoms with E-state index in [9.17, 15) is 0 Å². The third-order valence-corrected chi connectivity index (χ3v) is 3.41. The van der Waals surface area contributed by atoms with Crippen LogP contribution in [-0.4, -0.2) is 19.9 Å². The largest absolute Gasteiger partial charge is 0.493 e. The molecule has 0 heterocycles. The van der Waals surface area contributed by atoms with Gasteiger partial charge in [0.2, 0.25) is 0 Å². The maximum atomic E-state index is 5.71. The highest BCUT2D eigenvalue weighted by Crippen LogP contribution is 2.36. The Kier molecular flexibility index (Phi) is 5.81. The van der Waals surface area contributed by atoms with Gasteiger partial charge in [-0.05, 0) is 52.2 Å². The van der Waals surface area contributed by atoms with Gasteiger partial charge in [0, 0.05) is 6.21 Å². The van der Waals surface area contributed by atoms with E-state index in [1.807, 2.05) is 48.7 Å². The lowest BCUT2D eigenvalue weighted by Gasteiger charge is -2.12. The van der Waals surface area contributed by atoms with Crippen LogP contribution in [0.3, 0.4) is 0 Å². The summed E-state index contributed by atoms with van der Waals surface area (Å²) >= 11 is 3.53. The van der Waals surface area contributed by atoms with Crippen molar-refractivity contribution in [3.63, 3.8) is 0 Å². The highest BCUT2D eigenvalue weighted by Gasteiger charge is 2.10. The highest BCUT2D eigenvalue weighted by atomic mass is 79.9. The number of benzene rings is 2. The van der Waals surface area contributed by atoms with Crippen LogP contribution in [0.1, 0.15) is 18.9 Å². The van der Waals surface area contributed by atoms with Crippen molar-refractivity contribution >= 4 is 27.8 Å². The third-order valence-electron chi connectivity index (χ3n) is 2.82. The number of methoxy groups -OCH3 is 1. The predicted molar refractivity (Wildman–Crippen MR) is 90.2 cm³/mol. The van der Waals surface area contributed by atoms with Crippen LogP contribution in [0.4, 0.5) is 5.69 Å². The van der Waals surface area contributed by atoms with E-state index >= 15 is 0 Å². The lowest BCUT2D eigenvalue weighted by Crippen LogP contribution is -1.99. The molecule has 0 spiro atoms. The molecular formula is C17H18BrNO2. The predicted octanol–water partition coefficient (Wildman–Crippen LogP) is 5.00. The van der Waals surface area contributed by atoms with E-state index in [1.165, 1.54) is 0 Å². The fourth-order valence-corrected chi connectivity index (χ4v) is 2.40. The summed E-state index contributed by atoms with van der Waals surface area (Å²) in [6, 6.07) is 13.7. The van der Waals surface area contributed by atoms with Crippen molar-refractivity contribution in [3.05, 3.63) is 52.5 Å². The normalized spacial score (nSPS) is 10.8. The molecule has 0 fully saturated rings. The van der Waals surface area contributed by atoms with E-state index in [0.717, 1.165) is 27.9 Å². The smallest absolute Gasteiger partial charge is 0.175 e. The first-order valence-corrected chi connectivity index (χ1v) is 7.63. The van der Waals surface area contributed by atoms with Gasteiger partial charge in [-0.1, -0.05) is 25.1 Å². The fourth-order valence-electron chi connectivity index (χ4n) is 1.82. The van der Waals surface area contributed by atoms with Crippen molar-refractivity contribution < 1.29 is 9.47 Å². The number of halogens is 1. The molecule has 0 saturated carbocycles. The number of hydrogen-bond donors (Lipinski definition) is 0. The zero-order valence-corrected chi connectivity index (χ0v) is 13.8. The average Bonchev–Trinajstić information content (AvgIpc) is 2.52. The monoisotopic (exact) mass is 347 g/mol. The number of para-hydroxylation sites is 1. The van der Waals surface area contributed by atoms with Gasteiger partial charge in [-0.2, -0.15) is 0 Å². The number of nitrogens with zero attached hydrogens (tertiary/aromatic N) is 1. The van der Waals surface area contributed by atoms with Crippen LogP contribution >= 0.6 is 15.9 Å². The molecule has 0 N–H and O–H groups in total. The number of hydrogen-bond acceptors (Lipinski definition) is 3. The summed E-state index contributed by atoms with van der Waals surface area (Å²) in [5.41, 5.74) is 1.87. The van der Waals surface area contributed by atoms with Crippen molar-refractivity contribution in [1.29, 1.82) is 0 Å². The van der Waals surface area contributed by atoms with Crippen molar-refractivity contribution in [2.24, 2.45) is 4.99 Å². The zero-order chi connectivity index (χ0) is 15.1. The van der Waals surface area contributed by atoms with Gasteiger partial charge in [0.25, 0.3) is 0 Å². The Morgan fingerprint density at radius 2 is 1.95 bits per heavy atom. The van der Waals surface area contributed by atoms with Gasteiger partial charge in [0.05, 0.1) is 23.9 Å². The van der Waals surface area contributed by atoms with Gasteiger partial charge in [-0.15, -0.1) is 0 Å². The molecule has 0 unspecified atom stereocenters. The summed E-state index contributed by atoms with van der Waals surface area (Å²) in [5, 5.41) is 0. The van der Waals surface area contributed by atoms with Crippen LogP contribution in [0.15, 0.2) is 51.9 Å². The highest BCUT2D eigenvalue weighted by molar-refractivity contribution is 9.10. The average molecular weight is 348 g/mol. The van der Waals surface area contributed by atoms with E-state index < -0.39 is 0 Å². The number of rotatable bonds is 6. The topological polar surface area (TPSA) is 30.8 Å². The van der Waals surface area contributed by atoms with Crippen LogP contribution in [0, 0.1) is 0 Å². The van der Waals surface area contributed by atoms with Gasteiger partial charge in [-0.25, -0.2) is 0 Å². The molecule has 110 valence electrons. The lowest BCUT2D eigenvalue weighted by atomic mass is 10.2. The van der Waals surface area contributed by atoms with Crippen molar-refractivity contribution in [1.82, 2.24) is 0 Å². The second kappa shape index (κ2) is 7.84. The minimum Gasteiger partial charge on any atom is -0.493 e. The lowest BCUT2D eigenvalue weighted by molar-refractivity contribution is 0.292. The Hall–Kier alpha value is -1.81. The van der Waals surface area contributed by atoms with E-state index in [-0.39, 0.29) is 0 Å². The zero-order valence-electron chi connectivity index (χ0n) is 12.2. The van der Waals surface area contributed by atoms with E-state index in [4.69, 9.17) is 9.47 Å². The quantitative estimate of drug-likeness (QED) is 0.688. The molecule has 2 aromatic rings. The Labute approximate surface area is 133 Å². The molecule has 0 aliphatic carbocycles. The molecule has 4 heteroatoms. The van der Waals surface area contributed by atoms with Crippen molar-refractivity contribution in [2.45, 2.75) is 13.3 Å². The minimum atomic E-state index is 0.659. The Morgan fingerprint density at radius 1 is 1.19 bits per heavy atom. The summed E-state index contributed by atoms with van der Waals surface area (Å²) in [5.74, 6) is 1.43. The van der Waals surface area contributed by atoms with E-state index in [1.54, 1.807) is 7.11 Å². The van der Waals surface area contributed by atoms with Crippen LogP contribution in [0.5, 0.6) is 11.5 Å². The molecule has 21 heavy (non-hydrogen) atoms. The maximum absolute atomic E-state index is 5.71. The molecule has 0 aliphatic rings. The molecule has 0 amide bonds. The van der Waals surface area contributed by atoms with Crippen molar-refractivity contribution in [2.75, 3.05) is 13.7 Å². The summed E-state index contributed by atoms with van der Waals surface area (Å²) in [4.78, 5) is 4.44. The summed E-state index contributed by atoms with van der Waals surface area (Å²) in [6.45, 7) is 2.73. The molecule has 3 nitrogen and oxygen atoms in total. The van der Waals surface area contributed by atoms with Crippen molar-refractivity contribution in [3.8, 4) is 11.5 Å². The molecular weight excluding hydrogens is 330 g/mol. The molecule has 0 aromatic heterocycles. The van der Waals surface area contributed by atoms with Gasteiger partial charge >= 0.3 is 0 Å². The first-order valence-electron chi connectivity index (χ1n) is 6.84. The Balaban J connectivity index is 2.25. The van der Waals surface area contributed by atoms with Crippen LogP contribution in [0.2, 0.25) is 0 Å². The first kappa shape index (κ1) is 15.6. The molecule has 2 aromatic carbocycles. The van der Waals surface area contributed by atoms with Crippen LogP contribution in [0.25, 0.3) is 0 Å². The van der Waals surface area contributed by atoms with Gasteiger partial charge in [-0.3, -0.25) is 4.99 Å². The standard InChI is InChI=1S/C17H18BrNO2/c1-3-9-21-17-15(18)10-13(11-16(17)20-2)12-19-14-7-5-4-6-8-14/h4-8,10-12H,3,9H2,1-2H3. The summed E-state index contributed by atoms with van der Waals surface area (Å²) in [7, 11) is 1.64. The molecule has 0 radical (unpaired) electrons. The van der Waals surface area contributed by atoms with Crippen LogP contribution in [-0.2, 0) is 0 Å². The molecule has 0 atom stereocenters. The van der Waals surface area contributed by atoms with Gasteiger partial charge in [0.1, 0.15) is 0 Å². The number of aliphatic imine (C=N–C) groups is 1. The molecule has 0 bridgehead atoms. The first-order chi connectivity index (χ1) is 10.2. The van der Waals surface area contributed by atoms with E-state index in [0.29, 0.717) is 12.4 Å². The maximum Gasteiger partial charge on any atom is 0.175 e. The van der Waals surface area contributed by atoms with E-state index in [2.05, 4.69) is 27.8 Å². The van der Waals surface area contributed by atoms with Gasteiger partial charge in [0.15, 0.2) is 11.5 Å². The Morgan fingerprint density at radius 3 is 2.62 bits per heavy atom. The third kappa shape index (κ3) is 4.33. The summed E-state index contributed by atoms with van der Waals surface area (Å²) in [6.07, 6.45) is 2.76. The summed E-state index contributed by atoms with van der Waals surface area (Å²) < 4.78 is 12.0. The van der Waals surface area contributed by atoms with Gasteiger partial charge < -0.3 is 9.47 Å². The molecule has 0 saturated heterocycles.